The number of carbonyl (C=O) groups is 1. The summed E-state index contributed by atoms with van der Waals surface area (Å²) in [6.45, 7) is 8.78. The van der Waals surface area contributed by atoms with Crippen LogP contribution < -0.4 is 5.32 Å². The van der Waals surface area contributed by atoms with E-state index in [1.54, 1.807) is 7.11 Å². The lowest BCUT2D eigenvalue weighted by atomic mass is 10.1. The molecule has 0 spiro atoms. The molecule has 1 aliphatic heterocycles. The van der Waals surface area contributed by atoms with Crippen LogP contribution in [0.2, 0.25) is 0 Å². The molecule has 1 fully saturated rings. The van der Waals surface area contributed by atoms with E-state index in [1.165, 1.54) is 17.4 Å². The number of nitrogens with zero attached hydrogens (tertiary/aromatic N) is 2. The van der Waals surface area contributed by atoms with Crippen molar-refractivity contribution in [2.45, 2.75) is 39.2 Å². The van der Waals surface area contributed by atoms with Gasteiger partial charge in [-0.15, -0.1) is 0 Å². The number of benzene rings is 1. The van der Waals surface area contributed by atoms with E-state index in [2.05, 4.69) is 40.2 Å². The molecule has 3 rings (SSSR count). The molecule has 1 aromatic heterocycles. The zero-order valence-corrected chi connectivity index (χ0v) is 17.9. The summed E-state index contributed by atoms with van der Waals surface area (Å²) in [6, 6.07) is 8.37. The number of furan rings is 1. The molecule has 1 saturated heterocycles. The lowest BCUT2D eigenvalue weighted by molar-refractivity contribution is -0.122. The number of hydrogen-bond donors (Lipinski definition) is 1. The summed E-state index contributed by atoms with van der Waals surface area (Å²) in [4.78, 5) is 16.8. The summed E-state index contributed by atoms with van der Waals surface area (Å²) >= 11 is 0. The molecule has 1 aromatic carbocycles. The van der Waals surface area contributed by atoms with Crippen LogP contribution in [0.3, 0.4) is 0 Å². The molecule has 29 heavy (non-hydrogen) atoms. The molecule has 1 amide bonds. The molecule has 2 aromatic rings. The number of ether oxygens (including phenoxy) is 1. The van der Waals surface area contributed by atoms with Crippen molar-refractivity contribution in [3.63, 3.8) is 0 Å². The van der Waals surface area contributed by atoms with Crippen LogP contribution in [0.25, 0.3) is 11.0 Å². The minimum absolute atomic E-state index is 0.109. The molecule has 6 nitrogen and oxygen atoms in total. The molecule has 1 N–H and O–H groups in total. The van der Waals surface area contributed by atoms with Gasteiger partial charge in [0.2, 0.25) is 5.91 Å². The largest absolute Gasteiger partial charge is 0.461 e. The van der Waals surface area contributed by atoms with E-state index in [0.29, 0.717) is 19.7 Å². The first-order valence-electron chi connectivity index (χ1n) is 10.9. The van der Waals surface area contributed by atoms with Gasteiger partial charge in [-0.1, -0.05) is 31.5 Å². The monoisotopic (exact) mass is 401 g/mol. The fourth-order valence-corrected chi connectivity index (χ4v) is 3.89. The Morgan fingerprint density at radius 3 is 2.66 bits per heavy atom. The highest BCUT2D eigenvalue weighted by Gasteiger charge is 2.22. The Kier molecular flexibility index (Phi) is 8.52. The molecule has 0 saturated carbocycles. The second kappa shape index (κ2) is 11.3. The van der Waals surface area contributed by atoms with Gasteiger partial charge in [0.25, 0.3) is 0 Å². The van der Waals surface area contributed by atoms with Gasteiger partial charge in [-0.2, -0.15) is 0 Å². The number of amides is 1. The molecule has 0 unspecified atom stereocenters. The number of piperazine rings is 1. The van der Waals surface area contributed by atoms with Crippen molar-refractivity contribution in [3.8, 4) is 0 Å². The van der Waals surface area contributed by atoms with Crippen LogP contribution in [-0.4, -0.2) is 68.7 Å². The fourth-order valence-electron chi connectivity index (χ4n) is 3.89. The summed E-state index contributed by atoms with van der Waals surface area (Å²) in [5.74, 6) is 1.25. The number of fused-ring (bicyclic) bond motifs is 1. The SMILES string of the molecule is CCCCc1oc2ccccc2c1CN1CCN(CC(=O)NCCCOC)CC1. The molecule has 0 atom stereocenters. The van der Waals surface area contributed by atoms with E-state index < -0.39 is 0 Å². The van der Waals surface area contributed by atoms with Crippen LogP contribution in [0.5, 0.6) is 0 Å². The highest BCUT2D eigenvalue weighted by Crippen LogP contribution is 2.28. The number of aryl methyl sites for hydroxylation is 1. The van der Waals surface area contributed by atoms with Crippen LogP contribution in [0.1, 0.15) is 37.5 Å². The molecule has 0 radical (unpaired) electrons. The van der Waals surface area contributed by atoms with Crippen LogP contribution in [0.15, 0.2) is 28.7 Å². The third-order valence-corrected chi connectivity index (χ3v) is 5.60. The summed E-state index contributed by atoms with van der Waals surface area (Å²) in [5.41, 5.74) is 2.34. The van der Waals surface area contributed by atoms with E-state index in [4.69, 9.17) is 9.15 Å². The molecule has 0 bridgehead atoms. The number of rotatable bonds is 11. The maximum atomic E-state index is 12.1. The van der Waals surface area contributed by atoms with E-state index >= 15 is 0 Å². The minimum atomic E-state index is 0.109. The number of unbranched alkanes of at least 4 members (excludes halogenated alkanes) is 1. The first-order valence-corrected chi connectivity index (χ1v) is 10.9. The standard InChI is InChI=1S/C23H35N3O3/c1-3-4-9-22-20(19-8-5-6-10-21(19)29-22)17-25-12-14-26(15-13-25)18-23(27)24-11-7-16-28-2/h5-6,8,10H,3-4,7,9,11-18H2,1-2H3,(H,24,27). The normalized spacial score (nSPS) is 15.8. The van der Waals surface area contributed by atoms with Gasteiger partial charge in [-0.05, 0) is 18.9 Å². The van der Waals surface area contributed by atoms with Gasteiger partial charge in [0.05, 0.1) is 6.54 Å². The smallest absolute Gasteiger partial charge is 0.234 e. The van der Waals surface area contributed by atoms with Gasteiger partial charge < -0.3 is 14.5 Å². The Labute approximate surface area is 174 Å². The van der Waals surface area contributed by atoms with Crippen molar-refractivity contribution in [1.29, 1.82) is 0 Å². The van der Waals surface area contributed by atoms with Gasteiger partial charge in [0.15, 0.2) is 0 Å². The Balaban J connectivity index is 1.51. The summed E-state index contributed by atoms with van der Waals surface area (Å²) in [5, 5.41) is 4.22. The Hall–Kier alpha value is -1.89. The predicted molar refractivity (Wildman–Crippen MR) is 116 cm³/mol. The first kappa shape index (κ1) is 21.8. The van der Waals surface area contributed by atoms with Gasteiger partial charge >= 0.3 is 0 Å². The molecular weight excluding hydrogens is 366 g/mol. The topological polar surface area (TPSA) is 58.0 Å². The number of carbonyl (C=O) groups excluding carboxylic acids is 1. The zero-order chi connectivity index (χ0) is 20.5. The number of hydrogen-bond acceptors (Lipinski definition) is 5. The van der Waals surface area contributed by atoms with Crippen molar-refractivity contribution >= 4 is 16.9 Å². The molecule has 160 valence electrons. The van der Waals surface area contributed by atoms with E-state index in [1.807, 2.05) is 6.07 Å². The van der Waals surface area contributed by atoms with Crippen molar-refractivity contribution in [2.24, 2.45) is 0 Å². The van der Waals surface area contributed by atoms with Crippen molar-refractivity contribution in [3.05, 3.63) is 35.6 Å². The maximum absolute atomic E-state index is 12.1. The Bertz CT molecular complexity index is 766. The van der Waals surface area contributed by atoms with Crippen LogP contribution in [-0.2, 0) is 22.5 Å². The van der Waals surface area contributed by atoms with E-state index in [9.17, 15) is 4.79 Å². The zero-order valence-electron chi connectivity index (χ0n) is 17.9. The predicted octanol–water partition coefficient (Wildman–Crippen LogP) is 3.05. The molecule has 2 heterocycles. The molecule has 1 aliphatic rings. The third kappa shape index (κ3) is 6.29. The summed E-state index contributed by atoms with van der Waals surface area (Å²) in [6.07, 6.45) is 4.18. The highest BCUT2D eigenvalue weighted by molar-refractivity contribution is 5.82. The summed E-state index contributed by atoms with van der Waals surface area (Å²) < 4.78 is 11.2. The van der Waals surface area contributed by atoms with E-state index in [0.717, 1.165) is 63.3 Å². The highest BCUT2D eigenvalue weighted by atomic mass is 16.5. The lowest BCUT2D eigenvalue weighted by Gasteiger charge is -2.34. The van der Waals surface area contributed by atoms with Crippen molar-refractivity contribution in [2.75, 3.05) is 53.0 Å². The number of para-hydroxylation sites is 1. The van der Waals surface area contributed by atoms with Crippen molar-refractivity contribution < 1.29 is 13.9 Å². The van der Waals surface area contributed by atoms with Gasteiger partial charge in [-0.3, -0.25) is 14.6 Å². The van der Waals surface area contributed by atoms with Crippen LogP contribution in [0, 0.1) is 0 Å². The Morgan fingerprint density at radius 2 is 1.90 bits per heavy atom. The molecular formula is C23H35N3O3. The Morgan fingerprint density at radius 1 is 1.14 bits per heavy atom. The minimum Gasteiger partial charge on any atom is -0.461 e. The maximum Gasteiger partial charge on any atom is 0.234 e. The average molecular weight is 402 g/mol. The second-order valence-electron chi connectivity index (χ2n) is 7.85. The number of methoxy groups -OCH3 is 1. The lowest BCUT2D eigenvalue weighted by Crippen LogP contribution is -2.49. The molecule has 0 aliphatic carbocycles. The van der Waals surface area contributed by atoms with E-state index in [-0.39, 0.29) is 5.91 Å². The first-order chi connectivity index (χ1) is 14.2. The van der Waals surface area contributed by atoms with Crippen molar-refractivity contribution in [1.82, 2.24) is 15.1 Å². The average Bonchev–Trinajstić information content (AvgIpc) is 3.08. The van der Waals surface area contributed by atoms with Gasteiger partial charge in [-0.25, -0.2) is 0 Å². The third-order valence-electron chi connectivity index (χ3n) is 5.60. The van der Waals surface area contributed by atoms with Gasteiger partial charge in [0, 0.05) is 70.4 Å². The quantitative estimate of drug-likeness (QED) is 0.587. The van der Waals surface area contributed by atoms with Gasteiger partial charge in [0.1, 0.15) is 11.3 Å². The summed E-state index contributed by atoms with van der Waals surface area (Å²) in [7, 11) is 1.68. The molecule has 6 heteroatoms. The van der Waals surface area contributed by atoms with Crippen LogP contribution in [0.4, 0.5) is 0 Å². The second-order valence-corrected chi connectivity index (χ2v) is 7.85. The van der Waals surface area contributed by atoms with Crippen LogP contribution >= 0.6 is 0 Å². The number of nitrogens with one attached hydrogen (secondary N) is 1. The fraction of sp³-hybridized carbons (Fsp3) is 0.609.